The third-order valence-corrected chi connectivity index (χ3v) is 5.52. The zero-order valence-corrected chi connectivity index (χ0v) is 19.0. The van der Waals surface area contributed by atoms with Gasteiger partial charge >= 0.3 is 0 Å². The van der Waals surface area contributed by atoms with Gasteiger partial charge in [0, 0.05) is 13.7 Å². The summed E-state index contributed by atoms with van der Waals surface area (Å²) in [6.45, 7) is 6.17. The van der Waals surface area contributed by atoms with Gasteiger partial charge in [0.25, 0.3) is 0 Å². The summed E-state index contributed by atoms with van der Waals surface area (Å²) in [6.07, 6.45) is 1.97. The SMILES string of the molecule is COC[C@H](Cc1ccccc1)NC(=O)[C@@H]1CCCN1C(=O)[C@@H](NC(=O)[C@H](C)N)C(C)C. The van der Waals surface area contributed by atoms with Gasteiger partial charge in [0.1, 0.15) is 12.1 Å². The highest BCUT2D eigenvalue weighted by atomic mass is 16.5. The molecule has 0 bridgehead atoms. The Hall–Kier alpha value is -2.45. The maximum absolute atomic E-state index is 13.2. The number of carbonyl (C=O) groups is 3. The lowest BCUT2D eigenvalue weighted by atomic mass is 10.0. The van der Waals surface area contributed by atoms with Gasteiger partial charge in [-0.2, -0.15) is 0 Å². The summed E-state index contributed by atoms with van der Waals surface area (Å²) in [6, 6.07) is 7.70. The third kappa shape index (κ3) is 7.04. The zero-order chi connectivity index (χ0) is 23.0. The lowest BCUT2D eigenvalue weighted by Gasteiger charge is -2.31. The highest BCUT2D eigenvalue weighted by Gasteiger charge is 2.39. The molecule has 1 heterocycles. The largest absolute Gasteiger partial charge is 0.383 e. The van der Waals surface area contributed by atoms with E-state index in [0.29, 0.717) is 26.0 Å². The summed E-state index contributed by atoms with van der Waals surface area (Å²) in [5, 5.41) is 5.79. The van der Waals surface area contributed by atoms with E-state index in [1.54, 1.807) is 18.9 Å². The minimum absolute atomic E-state index is 0.126. The van der Waals surface area contributed by atoms with E-state index in [1.807, 2.05) is 44.2 Å². The number of nitrogens with one attached hydrogen (secondary N) is 2. The number of methoxy groups -OCH3 is 1. The molecule has 0 aromatic heterocycles. The smallest absolute Gasteiger partial charge is 0.246 e. The Morgan fingerprint density at radius 3 is 2.42 bits per heavy atom. The van der Waals surface area contributed by atoms with Crippen LogP contribution in [0.5, 0.6) is 0 Å². The molecule has 1 aromatic rings. The first-order chi connectivity index (χ1) is 14.7. The van der Waals surface area contributed by atoms with Crippen LogP contribution < -0.4 is 16.4 Å². The number of rotatable bonds is 10. The summed E-state index contributed by atoms with van der Waals surface area (Å²) in [4.78, 5) is 40.0. The van der Waals surface area contributed by atoms with Crippen LogP contribution in [0.2, 0.25) is 0 Å². The first-order valence-corrected chi connectivity index (χ1v) is 10.9. The second kappa shape index (κ2) is 11.8. The van der Waals surface area contributed by atoms with Crippen molar-refractivity contribution >= 4 is 17.7 Å². The Kier molecular flexibility index (Phi) is 9.45. The average Bonchev–Trinajstić information content (AvgIpc) is 3.22. The highest BCUT2D eigenvalue weighted by molar-refractivity contribution is 5.93. The molecule has 0 radical (unpaired) electrons. The van der Waals surface area contributed by atoms with Gasteiger partial charge in [-0.15, -0.1) is 0 Å². The van der Waals surface area contributed by atoms with E-state index >= 15 is 0 Å². The minimum Gasteiger partial charge on any atom is -0.383 e. The second-order valence-corrected chi connectivity index (χ2v) is 8.56. The van der Waals surface area contributed by atoms with Crippen molar-refractivity contribution in [2.24, 2.45) is 11.7 Å². The second-order valence-electron chi connectivity index (χ2n) is 8.56. The van der Waals surface area contributed by atoms with E-state index < -0.39 is 18.1 Å². The monoisotopic (exact) mass is 432 g/mol. The fourth-order valence-corrected chi connectivity index (χ4v) is 3.83. The van der Waals surface area contributed by atoms with Crippen molar-refractivity contribution < 1.29 is 19.1 Å². The number of amides is 3. The lowest BCUT2D eigenvalue weighted by Crippen LogP contribution is -2.57. The molecule has 0 saturated carbocycles. The van der Waals surface area contributed by atoms with Gasteiger partial charge in [-0.1, -0.05) is 44.2 Å². The van der Waals surface area contributed by atoms with E-state index in [0.717, 1.165) is 12.0 Å². The van der Waals surface area contributed by atoms with Gasteiger partial charge in [-0.25, -0.2) is 0 Å². The van der Waals surface area contributed by atoms with Gasteiger partial charge < -0.3 is 26.0 Å². The summed E-state index contributed by atoms with van der Waals surface area (Å²) < 4.78 is 5.30. The number of hydrogen-bond acceptors (Lipinski definition) is 5. The van der Waals surface area contributed by atoms with Gasteiger partial charge in [0.05, 0.1) is 18.7 Å². The number of nitrogens with zero attached hydrogens (tertiary/aromatic N) is 1. The lowest BCUT2D eigenvalue weighted by molar-refractivity contribution is -0.142. The molecular weight excluding hydrogens is 396 g/mol. The number of benzene rings is 1. The number of nitrogens with two attached hydrogens (primary N) is 1. The molecule has 1 aliphatic heterocycles. The van der Waals surface area contributed by atoms with Crippen molar-refractivity contribution in [2.75, 3.05) is 20.3 Å². The Balaban J connectivity index is 2.08. The molecule has 0 unspecified atom stereocenters. The Labute approximate surface area is 184 Å². The molecule has 1 saturated heterocycles. The molecule has 1 aliphatic rings. The molecule has 172 valence electrons. The Bertz CT molecular complexity index is 738. The van der Waals surface area contributed by atoms with Crippen LogP contribution in [0.4, 0.5) is 0 Å². The van der Waals surface area contributed by atoms with Crippen LogP contribution in [0.3, 0.4) is 0 Å². The fourth-order valence-electron chi connectivity index (χ4n) is 3.83. The summed E-state index contributed by atoms with van der Waals surface area (Å²) in [5.41, 5.74) is 6.75. The molecular formula is C23H36N4O4. The predicted octanol–water partition coefficient (Wildman–Crippen LogP) is 0.839. The van der Waals surface area contributed by atoms with Crippen LogP contribution in [0.15, 0.2) is 30.3 Å². The standard InChI is InChI=1S/C23H36N4O4/c1-15(2)20(26-21(28)16(3)24)23(30)27-12-8-11-19(27)22(29)25-18(14-31-4)13-17-9-6-5-7-10-17/h5-7,9-10,15-16,18-20H,8,11-14,24H2,1-4H3,(H,25,29)(H,26,28)/t16-,18-,19-,20-/m0/s1. The van der Waals surface area contributed by atoms with Crippen molar-refractivity contribution in [1.29, 1.82) is 0 Å². The summed E-state index contributed by atoms with van der Waals surface area (Å²) in [5.74, 6) is -0.938. The molecule has 31 heavy (non-hydrogen) atoms. The van der Waals surface area contributed by atoms with Crippen LogP contribution in [0.1, 0.15) is 39.2 Å². The van der Waals surface area contributed by atoms with Crippen molar-refractivity contribution in [3.8, 4) is 0 Å². The number of ether oxygens (including phenoxy) is 1. The van der Waals surface area contributed by atoms with Crippen molar-refractivity contribution in [1.82, 2.24) is 15.5 Å². The number of carbonyl (C=O) groups excluding carboxylic acids is 3. The van der Waals surface area contributed by atoms with Crippen molar-refractivity contribution in [3.05, 3.63) is 35.9 Å². The first kappa shape index (κ1) is 24.8. The fraction of sp³-hybridized carbons (Fsp3) is 0.609. The van der Waals surface area contributed by atoms with Crippen molar-refractivity contribution in [3.63, 3.8) is 0 Å². The molecule has 0 spiro atoms. The van der Waals surface area contributed by atoms with Crippen LogP contribution >= 0.6 is 0 Å². The number of likely N-dealkylation sites (tertiary alicyclic amines) is 1. The molecule has 1 fully saturated rings. The highest BCUT2D eigenvalue weighted by Crippen LogP contribution is 2.21. The predicted molar refractivity (Wildman–Crippen MR) is 119 cm³/mol. The van der Waals surface area contributed by atoms with Crippen LogP contribution in [0, 0.1) is 5.92 Å². The van der Waals surface area contributed by atoms with Gasteiger partial charge in [-0.3, -0.25) is 14.4 Å². The van der Waals surface area contributed by atoms with E-state index in [1.165, 1.54) is 0 Å². The maximum Gasteiger partial charge on any atom is 0.246 e. The van der Waals surface area contributed by atoms with Gasteiger partial charge in [0.15, 0.2) is 0 Å². The Morgan fingerprint density at radius 1 is 1.16 bits per heavy atom. The van der Waals surface area contributed by atoms with Gasteiger partial charge in [-0.05, 0) is 37.7 Å². The molecule has 8 heteroatoms. The molecule has 8 nitrogen and oxygen atoms in total. The molecule has 4 atom stereocenters. The summed E-state index contributed by atoms with van der Waals surface area (Å²) in [7, 11) is 1.60. The zero-order valence-electron chi connectivity index (χ0n) is 19.0. The molecule has 3 amide bonds. The minimum atomic E-state index is -0.717. The molecule has 0 aliphatic carbocycles. The van der Waals surface area contributed by atoms with Crippen LogP contribution in [-0.2, 0) is 25.5 Å². The average molecular weight is 433 g/mol. The van der Waals surface area contributed by atoms with E-state index in [4.69, 9.17) is 10.5 Å². The van der Waals surface area contributed by atoms with Crippen LogP contribution in [-0.4, -0.2) is 67.1 Å². The van der Waals surface area contributed by atoms with Gasteiger partial charge in [0.2, 0.25) is 17.7 Å². The molecule has 1 aromatic carbocycles. The normalized spacial score (nSPS) is 19.0. The molecule has 4 N–H and O–H groups in total. The maximum atomic E-state index is 13.2. The topological polar surface area (TPSA) is 114 Å². The Morgan fingerprint density at radius 2 is 1.84 bits per heavy atom. The quantitative estimate of drug-likeness (QED) is 0.507. The summed E-state index contributed by atoms with van der Waals surface area (Å²) >= 11 is 0. The van der Waals surface area contributed by atoms with E-state index in [2.05, 4.69) is 10.6 Å². The van der Waals surface area contributed by atoms with Crippen LogP contribution in [0.25, 0.3) is 0 Å². The van der Waals surface area contributed by atoms with Crippen molar-refractivity contribution in [2.45, 2.75) is 64.2 Å². The number of hydrogen-bond donors (Lipinski definition) is 3. The first-order valence-electron chi connectivity index (χ1n) is 10.9. The van der Waals surface area contributed by atoms with E-state index in [9.17, 15) is 14.4 Å². The third-order valence-electron chi connectivity index (χ3n) is 5.52. The molecule has 2 rings (SSSR count). The van der Waals surface area contributed by atoms with E-state index in [-0.39, 0.29) is 29.7 Å².